The van der Waals surface area contributed by atoms with Crippen LogP contribution >= 0.6 is 0 Å². The number of halogens is 2. The van der Waals surface area contributed by atoms with E-state index in [9.17, 15) is 18.4 Å². The van der Waals surface area contributed by atoms with Crippen LogP contribution in [0.1, 0.15) is 24.8 Å². The highest BCUT2D eigenvalue weighted by Crippen LogP contribution is 2.59. The zero-order valence-corrected chi connectivity index (χ0v) is 17.7. The van der Waals surface area contributed by atoms with E-state index >= 15 is 0 Å². The second-order valence-corrected chi connectivity index (χ2v) is 9.06. The summed E-state index contributed by atoms with van der Waals surface area (Å²) < 4.78 is 29.3. The molecular weight excluding hydrogens is 414 g/mol. The lowest BCUT2D eigenvalue weighted by atomic mass is 9.90. The summed E-state index contributed by atoms with van der Waals surface area (Å²) in [6, 6.07) is 7.14. The van der Waals surface area contributed by atoms with Crippen molar-refractivity contribution in [1.29, 1.82) is 0 Å². The van der Waals surface area contributed by atoms with Gasteiger partial charge in [-0.3, -0.25) is 9.69 Å². The fraction of sp³-hybridized carbons (Fsp3) is 0.417. The average molecular weight is 440 g/mol. The van der Waals surface area contributed by atoms with Gasteiger partial charge >= 0.3 is 12.0 Å². The van der Waals surface area contributed by atoms with E-state index in [-0.39, 0.29) is 17.0 Å². The maximum absolute atomic E-state index is 14.6. The number of allylic oxidation sites excluding steroid dienone is 1. The van der Waals surface area contributed by atoms with Crippen LogP contribution in [0.3, 0.4) is 0 Å². The minimum Gasteiger partial charge on any atom is -0.367 e. The molecule has 168 valence electrons. The molecular formula is C24H26F2N4O2. The molecule has 8 heteroatoms. The number of alkyl halides is 2. The van der Waals surface area contributed by atoms with Gasteiger partial charge in [0, 0.05) is 43.8 Å². The van der Waals surface area contributed by atoms with Gasteiger partial charge in [-0.05, 0) is 47.8 Å². The number of urea groups is 1. The predicted molar refractivity (Wildman–Crippen MR) is 115 cm³/mol. The third-order valence-electron chi connectivity index (χ3n) is 7.19. The number of nitrogens with one attached hydrogen (secondary N) is 2. The largest absolute Gasteiger partial charge is 0.367 e. The molecule has 1 spiro atoms. The lowest BCUT2D eigenvalue weighted by molar-refractivity contribution is -0.160. The Balaban J connectivity index is 1.11. The summed E-state index contributed by atoms with van der Waals surface area (Å²) in [7, 11) is 0. The number of amides is 3. The molecule has 3 aliphatic heterocycles. The summed E-state index contributed by atoms with van der Waals surface area (Å²) in [5.74, 6) is -4.30. The van der Waals surface area contributed by atoms with Crippen molar-refractivity contribution < 1.29 is 18.4 Å². The molecule has 1 aliphatic carbocycles. The maximum atomic E-state index is 14.6. The van der Waals surface area contributed by atoms with E-state index in [0.29, 0.717) is 44.9 Å². The molecule has 1 atom stereocenters. The van der Waals surface area contributed by atoms with Gasteiger partial charge in [-0.15, -0.1) is 0 Å². The molecule has 1 aromatic rings. The second kappa shape index (κ2) is 7.76. The average Bonchev–Trinajstić information content (AvgIpc) is 3.29. The standard InChI is InChI=1S/C24H26F2N4O2/c25-24(26,19-4-2-1-3-5-19)21(31)29-10-7-23(8-11-29)12-20(23)14-28-22(32)30-15-17-6-9-27-13-18(17)16-30/h1-6,9,13,15,20,27H,7-8,10-12,14,16H2,(H,28,32). The van der Waals surface area contributed by atoms with Gasteiger partial charge in [0.25, 0.3) is 5.91 Å². The van der Waals surface area contributed by atoms with E-state index < -0.39 is 11.8 Å². The minimum atomic E-state index is -3.51. The summed E-state index contributed by atoms with van der Waals surface area (Å²) in [5.41, 5.74) is 1.90. The smallest absolute Gasteiger partial charge is 0.349 e. The lowest BCUT2D eigenvalue weighted by Gasteiger charge is -2.35. The number of fused-ring (bicyclic) bond motifs is 1. The third-order valence-corrected chi connectivity index (χ3v) is 7.19. The molecule has 32 heavy (non-hydrogen) atoms. The Labute approximate surface area is 185 Å². The molecule has 6 nitrogen and oxygen atoms in total. The predicted octanol–water partition coefficient (Wildman–Crippen LogP) is 3.32. The fourth-order valence-corrected chi connectivity index (χ4v) is 5.04. The lowest BCUT2D eigenvalue weighted by Crippen LogP contribution is -2.46. The molecule has 2 fully saturated rings. The van der Waals surface area contributed by atoms with Gasteiger partial charge < -0.3 is 15.5 Å². The number of benzene rings is 1. The number of hydrogen-bond donors (Lipinski definition) is 2. The third kappa shape index (κ3) is 3.67. The van der Waals surface area contributed by atoms with Gasteiger partial charge in [-0.2, -0.15) is 8.78 Å². The zero-order chi connectivity index (χ0) is 22.3. The SMILES string of the molecule is O=C(NCC1CC12CCN(C(=O)C(F)(F)c1ccccc1)CC2)N1C=C2C=CNC=C2C1. The van der Waals surface area contributed by atoms with Gasteiger partial charge in [-0.1, -0.05) is 30.3 Å². The Bertz CT molecular complexity index is 1010. The van der Waals surface area contributed by atoms with Gasteiger partial charge in [0.15, 0.2) is 0 Å². The molecule has 0 aromatic heterocycles. The maximum Gasteiger partial charge on any atom is 0.349 e. The Morgan fingerprint density at radius 3 is 2.66 bits per heavy atom. The van der Waals surface area contributed by atoms with Crippen LogP contribution in [0.25, 0.3) is 0 Å². The summed E-state index contributed by atoms with van der Waals surface area (Å²) in [4.78, 5) is 28.0. The van der Waals surface area contributed by atoms with Crippen molar-refractivity contribution >= 4 is 11.9 Å². The molecule has 0 radical (unpaired) electrons. The van der Waals surface area contributed by atoms with Crippen molar-refractivity contribution in [3.05, 3.63) is 71.7 Å². The molecule has 1 saturated carbocycles. The van der Waals surface area contributed by atoms with Crippen molar-refractivity contribution in [2.75, 3.05) is 26.2 Å². The van der Waals surface area contributed by atoms with Crippen LogP contribution in [0.4, 0.5) is 13.6 Å². The van der Waals surface area contributed by atoms with E-state index in [1.54, 1.807) is 11.0 Å². The summed E-state index contributed by atoms with van der Waals surface area (Å²) >= 11 is 0. The molecule has 3 amide bonds. The Hall–Kier alpha value is -3.16. The highest BCUT2D eigenvalue weighted by molar-refractivity contribution is 5.85. The number of carbonyl (C=O) groups is 2. The van der Waals surface area contributed by atoms with Crippen LogP contribution in [0, 0.1) is 11.3 Å². The van der Waals surface area contributed by atoms with Crippen molar-refractivity contribution in [2.24, 2.45) is 11.3 Å². The van der Waals surface area contributed by atoms with E-state index in [4.69, 9.17) is 0 Å². The highest BCUT2D eigenvalue weighted by atomic mass is 19.3. The topological polar surface area (TPSA) is 64.7 Å². The number of carbonyl (C=O) groups excluding carboxylic acids is 2. The molecule has 5 rings (SSSR count). The Morgan fingerprint density at radius 2 is 1.94 bits per heavy atom. The fourth-order valence-electron chi connectivity index (χ4n) is 5.04. The van der Waals surface area contributed by atoms with Crippen molar-refractivity contribution in [2.45, 2.75) is 25.2 Å². The second-order valence-electron chi connectivity index (χ2n) is 9.06. The molecule has 1 saturated heterocycles. The van der Waals surface area contributed by atoms with E-state index in [0.717, 1.165) is 17.6 Å². The van der Waals surface area contributed by atoms with Crippen LogP contribution in [0.15, 0.2) is 66.2 Å². The zero-order valence-electron chi connectivity index (χ0n) is 17.7. The van der Waals surface area contributed by atoms with Crippen LogP contribution in [-0.4, -0.2) is 47.9 Å². The first-order valence-corrected chi connectivity index (χ1v) is 11.0. The highest BCUT2D eigenvalue weighted by Gasteiger charge is 2.56. The first kappa shape index (κ1) is 20.7. The summed E-state index contributed by atoms with van der Waals surface area (Å²) in [5, 5.41) is 6.05. The minimum absolute atomic E-state index is 0.0543. The van der Waals surface area contributed by atoms with Crippen LogP contribution < -0.4 is 10.6 Å². The van der Waals surface area contributed by atoms with Gasteiger partial charge in [0.2, 0.25) is 0 Å². The summed E-state index contributed by atoms with van der Waals surface area (Å²) in [6.45, 7) is 1.77. The number of dihydropyridines is 1. The van der Waals surface area contributed by atoms with E-state index in [1.165, 1.54) is 29.2 Å². The van der Waals surface area contributed by atoms with Crippen molar-refractivity contribution in [3.8, 4) is 0 Å². The number of hydrogen-bond acceptors (Lipinski definition) is 3. The van der Waals surface area contributed by atoms with E-state index in [2.05, 4.69) is 10.6 Å². The normalized spacial score (nSPS) is 23.2. The number of likely N-dealkylation sites (tertiary alicyclic amines) is 1. The number of rotatable bonds is 4. The molecule has 2 N–H and O–H groups in total. The molecule has 0 bridgehead atoms. The van der Waals surface area contributed by atoms with Gasteiger partial charge in [0.05, 0.1) is 6.54 Å². The van der Waals surface area contributed by atoms with Crippen LogP contribution in [0.5, 0.6) is 0 Å². The Kier molecular flexibility index (Phi) is 5.03. The van der Waals surface area contributed by atoms with E-state index in [1.807, 2.05) is 24.7 Å². The summed E-state index contributed by atoms with van der Waals surface area (Å²) in [6.07, 6.45) is 9.86. The van der Waals surface area contributed by atoms with Gasteiger partial charge in [0.1, 0.15) is 0 Å². The monoisotopic (exact) mass is 440 g/mol. The number of piperidine rings is 1. The number of nitrogens with zero attached hydrogens (tertiary/aromatic N) is 2. The molecule has 4 aliphatic rings. The Morgan fingerprint density at radius 1 is 1.19 bits per heavy atom. The molecule has 1 unspecified atom stereocenters. The van der Waals surface area contributed by atoms with Gasteiger partial charge in [-0.25, -0.2) is 4.79 Å². The van der Waals surface area contributed by atoms with Crippen LogP contribution in [0.2, 0.25) is 0 Å². The quantitative estimate of drug-likeness (QED) is 0.755. The van der Waals surface area contributed by atoms with Crippen molar-refractivity contribution in [3.63, 3.8) is 0 Å². The van der Waals surface area contributed by atoms with Crippen molar-refractivity contribution in [1.82, 2.24) is 20.4 Å². The van der Waals surface area contributed by atoms with Crippen LogP contribution in [-0.2, 0) is 10.7 Å². The first-order valence-electron chi connectivity index (χ1n) is 11.0. The molecule has 3 heterocycles. The first-order chi connectivity index (χ1) is 15.4. The molecule has 1 aromatic carbocycles.